The average Bonchev–Trinajstić information content (AvgIpc) is 2.83. The SMILES string of the molecule is Cc1ccc(Oc2nc3c(C)cccn3c(=O)c2/C=C(/C#N)C(=O)Nc2cc(C)ccc2C)c(C)c1. The molecule has 2 heterocycles. The van der Waals surface area contributed by atoms with E-state index >= 15 is 0 Å². The van der Waals surface area contributed by atoms with Gasteiger partial charge in [0.15, 0.2) is 0 Å². The lowest BCUT2D eigenvalue weighted by atomic mass is 10.1. The van der Waals surface area contributed by atoms with E-state index < -0.39 is 11.5 Å². The van der Waals surface area contributed by atoms with E-state index in [1.165, 1.54) is 10.5 Å². The molecule has 4 aromatic rings. The van der Waals surface area contributed by atoms with Gasteiger partial charge in [-0.25, -0.2) is 0 Å². The number of aromatic nitrogens is 2. The molecular formula is C29H26N4O3. The largest absolute Gasteiger partial charge is 0.438 e. The van der Waals surface area contributed by atoms with E-state index in [1.54, 1.807) is 18.3 Å². The number of rotatable bonds is 5. The fraction of sp³-hybridized carbons (Fsp3) is 0.172. The van der Waals surface area contributed by atoms with Crippen LogP contribution in [0.5, 0.6) is 11.6 Å². The highest BCUT2D eigenvalue weighted by atomic mass is 16.5. The predicted molar refractivity (Wildman–Crippen MR) is 140 cm³/mol. The van der Waals surface area contributed by atoms with Crippen LogP contribution >= 0.6 is 0 Å². The molecule has 0 atom stereocenters. The van der Waals surface area contributed by atoms with Crippen LogP contribution in [0, 0.1) is 45.9 Å². The number of nitrogens with zero attached hydrogens (tertiary/aromatic N) is 3. The first-order chi connectivity index (χ1) is 17.2. The van der Waals surface area contributed by atoms with Gasteiger partial charge in [-0.3, -0.25) is 14.0 Å². The number of amides is 1. The number of carbonyl (C=O) groups is 1. The molecule has 0 bridgehead atoms. The van der Waals surface area contributed by atoms with Gasteiger partial charge in [0.1, 0.15) is 28.6 Å². The summed E-state index contributed by atoms with van der Waals surface area (Å²) in [6.07, 6.45) is 2.83. The van der Waals surface area contributed by atoms with Gasteiger partial charge in [0.25, 0.3) is 11.5 Å². The first-order valence-electron chi connectivity index (χ1n) is 11.5. The lowest BCUT2D eigenvalue weighted by molar-refractivity contribution is -0.112. The number of fused-ring (bicyclic) bond motifs is 1. The molecule has 0 saturated heterocycles. The molecule has 0 spiro atoms. The fourth-order valence-electron chi connectivity index (χ4n) is 3.86. The van der Waals surface area contributed by atoms with Gasteiger partial charge in [-0.05, 0) is 81.1 Å². The summed E-state index contributed by atoms with van der Waals surface area (Å²) >= 11 is 0. The van der Waals surface area contributed by atoms with Crippen molar-refractivity contribution in [2.45, 2.75) is 34.6 Å². The van der Waals surface area contributed by atoms with Crippen molar-refractivity contribution >= 4 is 23.3 Å². The molecule has 0 aliphatic carbocycles. The second kappa shape index (κ2) is 9.88. The molecule has 0 fully saturated rings. The summed E-state index contributed by atoms with van der Waals surface area (Å²) in [7, 11) is 0. The number of benzene rings is 2. The third-order valence-corrected chi connectivity index (χ3v) is 5.88. The standard InChI is InChI=1S/C29H26N4O3/c1-17-9-11-25(21(5)13-17)36-28-23(29(35)33-12-6-7-20(4)26(33)32-28)15-22(16-30)27(34)31-24-14-18(2)8-10-19(24)3/h6-15H,1-5H3,(H,31,34)/b22-15-. The maximum atomic E-state index is 13.5. The Bertz CT molecular complexity index is 1640. The summed E-state index contributed by atoms with van der Waals surface area (Å²) in [6, 6.07) is 16.8. The molecule has 0 aliphatic heterocycles. The Morgan fingerprint density at radius 1 is 1.00 bits per heavy atom. The Kier molecular flexibility index (Phi) is 6.71. The molecular weight excluding hydrogens is 452 g/mol. The molecule has 1 amide bonds. The van der Waals surface area contributed by atoms with Crippen molar-refractivity contribution in [1.82, 2.24) is 9.38 Å². The molecule has 0 saturated carbocycles. The third-order valence-electron chi connectivity index (χ3n) is 5.88. The van der Waals surface area contributed by atoms with Crippen LogP contribution in [0.15, 0.2) is 65.1 Å². The van der Waals surface area contributed by atoms with E-state index in [0.717, 1.165) is 27.8 Å². The summed E-state index contributed by atoms with van der Waals surface area (Å²) in [5.74, 6) is -0.0793. The zero-order valence-electron chi connectivity index (χ0n) is 20.8. The van der Waals surface area contributed by atoms with E-state index in [1.807, 2.05) is 77.1 Å². The number of nitriles is 1. The Hall–Kier alpha value is -4.70. The number of carbonyl (C=O) groups excluding carboxylic acids is 1. The molecule has 2 aromatic heterocycles. The van der Waals surface area contributed by atoms with E-state index in [-0.39, 0.29) is 17.0 Å². The van der Waals surface area contributed by atoms with E-state index in [9.17, 15) is 14.9 Å². The van der Waals surface area contributed by atoms with Crippen LogP contribution in [-0.2, 0) is 4.79 Å². The highest BCUT2D eigenvalue weighted by molar-refractivity contribution is 6.10. The number of anilines is 1. The van der Waals surface area contributed by atoms with E-state index in [4.69, 9.17) is 4.74 Å². The maximum absolute atomic E-state index is 13.5. The number of hydrogen-bond donors (Lipinski definition) is 1. The number of ether oxygens (including phenoxy) is 1. The molecule has 180 valence electrons. The molecule has 1 N–H and O–H groups in total. The normalized spacial score (nSPS) is 11.3. The minimum Gasteiger partial charge on any atom is -0.438 e. The summed E-state index contributed by atoms with van der Waals surface area (Å²) < 4.78 is 7.49. The zero-order chi connectivity index (χ0) is 26.0. The second-order valence-corrected chi connectivity index (χ2v) is 8.83. The van der Waals surface area contributed by atoms with Crippen LogP contribution < -0.4 is 15.6 Å². The third kappa shape index (κ3) is 4.89. The van der Waals surface area contributed by atoms with Crippen LogP contribution in [0.1, 0.15) is 33.4 Å². The highest BCUT2D eigenvalue weighted by Crippen LogP contribution is 2.28. The van der Waals surface area contributed by atoms with Gasteiger partial charge in [0, 0.05) is 11.9 Å². The number of pyridine rings is 1. The monoisotopic (exact) mass is 478 g/mol. The van der Waals surface area contributed by atoms with Crippen LogP contribution in [0.3, 0.4) is 0 Å². The topological polar surface area (TPSA) is 96.5 Å². The van der Waals surface area contributed by atoms with Crippen molar-refractivity contribution in [1.29, 1.82) is 5.26 Å². The van der Waals surface area contributed by atoms with Crippen molar-refractivity contribution in [2.24, 2.45) is 0 Å². The molecule has 7 heteroatoms. The molecule has 7 nitrogen and oxygen atoms in total. The lowest BCUT2D eigenvalue weighted by Gasteiger charge is -2.13. The van der Waals surface area contributed by atoms with Crippen molar-refractivity contribution in [3.63, 3.8) is 0 Å². The molecule has 0 unspecified atom stereocenters. The van der Waals surface area contributed by atoms with Crippen molar-refractivity contribution in [3.05, 3.63) is 104 Å². The first-order valence-corrected chi connectivity index (χ1v) is 11.5. The Balaban J connectivity index is 1.86. The van der Waals surface area contributed by atoms with Crippen LogP contribution in [0.4, 0.5) is 5.69 Å². The fourth-order valence-corrected chi connectivity index (χ4v) is 3.86. The lowest BCUT2D eigenvalue weighted by Crippen LogP contribution is -2.21. The van der Waals surface area contributed by atoms with E-state index in [2.05, 4.69) is 10.3 Å². The van der Waals surface area contributed by atoms with Gasteiger partial charge in [-0.1, -0.05) is 35.9 Å². The van der Waals surface area contributed by atoms with Crippen LogP contribution in [0.2, 0.25) is 0 Å². The van der Waals surface area contributed by atoms with Crippen molar-refractivity contribution in [3.8, 4) is 17.7 Å². The van der Waals surface area contributed by atoms with Gasteiger partial charge in [0.2, 0.25) is 5.88 Å². The molecule has 4 rings (SSSR count). The molecule has 2 aromatic carbocycles. The van der Waals surface area contributed by atoms with Crippen LogP contribution in [0.25, 0.3) is 11.7 Å². The zero-order valence-corrected chi connectivity index (χ0v) is 20.8. The van der Waals surface area contributed by atoms with E-state index in [0.29, 0.717) is 17.1 Å². The Labute approximate surface area is 209 Å². The first kappa shape index (κ1) is 24.4. The van der Waals surface area contributed by atoms with Crippen molar-refractivity contribution < 1.29 is 9.53 Å². The maximum Gasteiger partial charge on any atom is 0.269 e. The Morgan fingerprint density at radius 3 is 2.44 bits per heavy atom. The summed E-state index contributed by atoms with van der Waals surface area (Å²) in [5, 5.41) is 12.6. The summed E-state index contributed by atoms with van der Waals surface area (Å²) in [4.78, 5) is 31.2. The summed E-state index contributed by atoms with van der Waals surface area (Å²) in [5.41, 5.74) is 4.87. The molecule has 36 heavy (non-hydrogen) atoms. The predicted octanol–water partition coefficient (Wildman–Crippen LogP) is 5.57. The Morgan fingerprint density at radius 2 is 1.72 bits per heavy atom. The molecule has 0 aliphatic rings. The van der Waals surface area contributed by atoms with Gasteiger partial charge in [-0.15, -0.1) is 0 Å². The van der Waals surface area contributed by atoms with Crippen LogP contribution in [-0.4, -0.2) is 15.3 Å². The quantitative estimate of drug-likeness (QED) is 0.299. The smallest absolute Gasteiger partial charge is 0.269 e. The molecule has 0 radical (unpaired) electrons. The van der Waals surface area contributed by atoms with Crippen molar-refractivity contribution in [2.75, 3.05) is 5.32 Å². The number of aryl methyl sites for hydroxylation is 5. The minimum absolute atomic E-state index is 0.00531. The number of hydrogen-bond acceptors (Lipinski definition) is 5. The second-order valence-electron chi connectivity index (χ2n) is 8.83. The average molecular weight is 479 g/mol. The number of nitrogens with one attached hydrogen (secondary N) is 1. The van der Waals surface area contributed by atoms with Gasteiger partial charge in [0.05, 0.1) is 0 Å². The van der Waals surface area contributed by atoms with Gasteiger partial charge >= 0.3 is 0 Å². The minimum atomic E-state index is -0.627. The highest BCUT2D eigenvalue weighted by Gasteiger charge is 2.19. The summed E-state index contributed by atoms with van der Waals surface area (Å²) in [6.45, 7) is 9.49. The van der Waals surface area contributed by atoms with Gasteiger partial charge < -0.3 is 10.1 Å². The van der Waals surface area contributed by atoms with Gasteiger partial charge in [-0.2, -0.15) is 10.2 Å².